The Morgan fingerprint density at radius 1 is 1.35 bits per heavy atom. The second kappa shape index (κ2) is 6.28. The van der Waals surface area contributed by atoms with Gasteiger partial charge < -0.3 is 15.4 Å². The maximum absolute atomic E-state index is 5.90. The van der Waals surface area contributed by atoms with Crippen LogP contribution in [0, 0.1) is 0 Å². The average Bonchev–Trinajstić information content (AvgIpc) is 2.66. The molecule has 0 atom stereocenters. The molecule has 0 saturated carbocycles. The largest absolute Gasteiger partial charge is 0.380 e. The van der Waals surface area contributed by atoms with Gasteiger partial charge in [0.25, 0.3) is 0 Å². The van der Waals surface area contributed by atoms with Crippen molar-refractivity contribution in [2.24, 2.45) is 5.73 Å². The third-order valence-corrected chi connectivity index (χ3v) is 3.92. The normalized spacial score (nSPS) is 16.9. The van der Waals surface area contributed by atoms with Gasteiger partial charge in [-0.05, 0) is 24.8 Å². The van der Waals surface area contributed by atoms with Gasteiger partial charge in [0.1, 0.15) is 0 Å². The van der Waals surface area contributed by atoms with Crippen LogP contribution in [0.25, 0.3) is 0 Å². The molecular formula is C13H20N2OS. The molecule has 0 bridgehead atoms. The van der Waals surface area contributed by atoms with E-state index in [0.29, 0.717) is 6.54 Å². The summed E-state index contributed by atoms with van der Waals surface area (Å²) in [4.78, 5) is 3.68. The molecule has 17 heavy (non-hydrogen) atoms. The zero-order chi connectivity index (χ0) is 12.1. The molecule has 1 fully saturated rings. The number of thioether (sulfide) groups is 1. The van der Waals surface area contributed by atoms with Gasteiger partial charge in [0.15, 0.2) is 0 Å². The highest BCUT2D eigenvalue weighted by atomic mass is 32.2. The molecule has 0 aliphatic carbocycles. The predicted molar refractivity (Wildman–Crippen MR) is 73.8 cm³/mol. The van der Waals surface area contributed by atoms with Crippen molar-refractivity contribution in [1.29, 1.82) is 0 Å². The summed E-state index contributed by atoms with van der Waals surface area (Å²) in [5.74, 6) is 0. The van der Waals surface area contributed by atoms with Crippen molar-refractivity contribution in [2.75, 3.05) is 37.5 Å². The van der Waals surface area contributed by atoms with Gasteiger partial charge in [-0.1, -0.05) is 6.07 Å². The second-order valence-electron chi connectivity index (χ2n) is 4.12. The van der Waals surface area contributed by atoms with E-state index >= 15 is 0 Å². The summed E-state index contributed by atoms with van der Waals surface area (Å²) in [6.45, 7) is 4.31. The van der Waals surface area contributed by atoms with Crippen LogP contribution in [0.1, 0.15) is 12.0 Å². The Hall–Kier alpha value is -0.710. The van der Waals surface area contributed by atoms with Crippen molar-refractivity contribution in [1.82, 2.24) is 0 Å². The molecule has 0 aromatic heterocycles. The number of benzene rings is 1. The minimum atomic E-state index is 0.601. The van der Waals surface area contributed by atoms with Gasteiger partial charge in [-0.2, -0.15) is 0 Å². The van der Waals surface area contributed by atoms with Gasteiger partial charge in [-0.15, -0.1) is 11.8 Å². The molecule has 2 N–H and O–H groups in total. The quantitative estimate of drug-likeness (QED) is 0.836. The number of nitrogens with two attached hydrogens (primary N) is 1. The predicted octanol–water partition coefficient (Wildman–Crippen LogP) is 2.09. The van der Waals surface area contributed by atoms with Crippen molar-refractivity contribution >= 4 is 17.4 Å². The lowest BCUT2D eigenvalue weighted by Gasteiger charge is -2.25. The zero-order valence-electron chi connectivity index (χ0n) is 10.3. The number of ether oxygens (including phenoxy) is 1. The zero-order valence-corrected chi connectivity index (χ0v) is 11.1. The Morgan fingerprint density at radius 3 is 3.00 bits per heavy atom. The van der Waals surface area contributed by atoms with Crippen LogP contribution in [0.5, 0.6) is 0 Å². The number of rotatable bonds is 3. The molecule has 1 aliphatic rings. The molecule has 0 spiro atoms. The Labute approximate surface area is 107 Å². The van der Waals surface area contributed by atoms with Crippen LogP contribution >= 0.6 is 11.8 Å². The average molecular weight is 252 g/mol. The van der Waals surface area contributed by atoms with E-state index in [2.05, 4.69) is 29.4 Å². The van der Waals surface area contributed by atoms with Crippen LogP contribution in [0.15, 0.2) is 23.1 Å². The molecule has 1 heterocycles. The van der Waals surface area contributed by atoms with Crippen LogP contribution in [-0.2, 0) is 11.3 Å². The van der Waals surface area contributed by atoms with Gasteiger partial charge in [-0.25, -0.2) is 0 Å². The van der Waals surface area contributed by atoms with Gasteiger partial charge in [0.05, 0.1) is 6.61 Å². The topological polar surface area (TPSA) is 38.5 Å². The van der Waals surface area contributed by atoms with Crippen molar-refractivity contribution in [3.8, 4) is 0 Å². The molecule has 3 nitrogen and oxygen atoms in total. The van der Waals surface area contributed by atoms with Gasteiger partial charge in [0.2, 0.25) is 0 Å². The maximum Gasteiger partial charge on any atom is 0.0641 e. The summed E-state index contributed by atoms with van der Waals surface area (Å²) in [5.41, 5.74) is 8.45. The van der Waals surface area contributed by atoms with E-state index in [1.807, 2.05) is 0 Å². The molecule has 4 heteroatoms. The molecule has 94 valence electrons. The van der Waals surface area contributed by atoms with E-state index in [9.17, 15) is 0 Å². The molecular weight excluding hydrogens is 232 g/mol. The highest BCUT2D eigenvalue weighted by Gasteiger charge is 2.14. The fraction of sp³-hybridized carbons (Fsp3) is 0.538. The summed E-state index contributed by atoms with van der Waals surface area (Å²) >= 11 is 1.77. The van der Waals surface area contributed by atoms with Crippen molar-refractivity contribution < 1.29 is 4.74 Å². The van der Waals surface area contributed by atoms with E-state index in [1.54, 1.807) is 11.8 Å². The minimum Gasteiger partial charge on any atom is -0.380 e. The first-order chi connectivity index (χ1) is 8.36. The lowest BCUT2D eigenvalue weighted by molar-refractivity contribution is 0.152. The number of anilines is 1. The third-order valence-electron chi connectivity index (χ3n) is 3.10. The SMILES string of the molecule is CSc1cccc(N2CCCOCC2)c1CN. The lowest BCUT2D eigenvalue weighted by Crippen LogP contribution is -2.27. The fourth-order valence-electron chi connectivity index (χ4n) is 2.23. The smallest absolute Gasteiger partial charge is 0.0641 e. The van der Waals surface area contributed by atoms with Gasteiger partial charge >= 0.3 is 0 Å². The van der Waals surface area contributed by atoms with E-state index in [-0.39, 0.29) is 0 Å². The van der Waals surface area contributed by atoms with Gasteiger partial charge in [-0.3, -0.25) is 0 Å². The maximum atomic E-state index is 5.90. The number of nitrogens with zero attached hydrogens (tertiary/aromatic N) is 1. The molecule has 0 unspecified atom stereocenters. The van der Waals surface area contributed by atoms with Crippen molar-refractivity contribution in [3.05, 3.63) is 23.8 Å². The molecule has 2 rings (SSSR count). The van der Waals surface area contributed by atoms with E-state index in [1.165, 1.54) is 16.1 Å². The Morgan fingerprint density at radius 2 is 2.24 bits per heavy atom. The highest BCUT2D eigenvalue weighted by Crippen LogP contribution is 2.29. The van der Waals surface area contributed by atoms with Crippen LogP contribution in [0.4, 0.5) is 5.69 Å². The molecule has 1 aromatic carbocycles. The van der Waals surface area contributed by atoms with Crippen LogP contribution in [-0.4, -0.2) is 32.6 Å². The summed E-state index contributed by atoms with van der Waals surface area (Å²) in [7, 11) is 0. The van der Waals surface area contributed by atoms with Crippen LogP contribution in [0.3, 0.4) is 0 Å². The minimum absolute atomic E-state index is 0.601. The van der Waals surface area contributed by atoms with Crippen molar-refractivity contribution in [2.45, 2.75) is 17.9 Å². The Balaban J connectivity index is 2.29. The first kappa shape index (κ1) is 12.7. The van der Waals surface area contributed by atoms with E-state index in [0.717, 1.165) is 32.7 Å². The first-order valence-corrected chi connectivity index (χ1v) is 7.28. The van der Waals surface area contributed by atoms with Crippen LogP contribution < -0.4 is 10.6 Å². The Kier molecular flexibility index (Phi) is 4.71. The monoisotopic (exact) mass is 252 g/mol. The summed E-state index contributed by atoms with van der Waals surface area (Å²) in [6, 6.07) is 6.43. The van der Waals surface area contributed by atoms with Crippen molar-refractivity contribution in [3.63, 3.8) is 0 Å². The van der Waals surface area contributed by atoms with Crippen LogP contribution in [0.2, 0.25) is 0 Å². The lowest BCUT2D eigenvalue weighted by atomic mass is 10.1. The Bertz CT molecular complexity index is 362. The molecule has 1 aliphatic heterocycles. The summed E-state index contributed by atoms with van der Waals surface area (Å²) in [6.07, 6.45) is 3.19. The second-order valence-corrected chi connectivity index (χ2v) is 4.96. The number of hydrogen-bond donors (Lipinski definition) is 1. The first-order valence-electron chi connectivity index (χ1n) is 6.05. The highest BCUT2D eigenvalue weighted by molar-refractivity contribution is 7.98. The molecule has 0 radical (unpaired) electrons. The standard InChI is InChI=1S/C13H20N2OS/c1-17-13-5-2-4-12(11(13)10-14)15-6-3-8-16-9-7-15/h2,4-5H,3,6-10,14H2,1H3. The third kappa shape index (κ3) is 2.94. The molecule has 1 aromatic rings. The summed E-state index contributed by atoms with van der Waals surface area (Å²) < 4.78 is 5.50. The fourth-order valence-corrected chi connectivity index (χ4v) is 2.88. The van der Waals surface area contributed by atoms with Gasteiger partial charge in [0, 0.05) is 42.4 Å². The molecule has 0 amide bonds. The van der Waals surface area contributed by atoms with E-state index in [4.69, 9.17) is 10.5 Å². The number of hydrogen-bond acceptors (Lipinski definition) is 4. The van der Waals surface area contributed by atoms with E-state index < -0.39 is 0 Å². The summed E-state index contributed by atoms with van der Waals surface area (Å²) in [5, 5.41) is 0. The molecule has 1 saturated heterocycles.